The maximum atomic E-state index is 12.6. The number of carbonyl (C=O) groups excluding carboxylic acids is 1. The molecular formula is C16H26N4O2. The number of carbonyl (C=O) groups is 1. The van der Waals surface area contributed by atoms with Crippen molar-refractivity contribution < 1.29 is 9.53 Å². The fourth-order valence-electron chi connectivity index (χ4n) is 2.56. The average molecular weight is 306 g/mol. The van der Waals surface area contributed by atoms with Gasteiger partial charge in [0.05, 0.1) is 18.8 Å². The van der Waals surface area contributed by atoms with E-state index in [1.807, 2.05) is 6.07 Å². The maximum absolute atomic E-state index is 12.6. The van der Waals surface area contributed by atoms with E-state index in [1.165, 1.54) is 0 Å². The molecule has 1 amide bonds. The highest BCUT2D eigenvalue weighted by molar-refractivity contribution is 5.99. The molecule has 1 aromatic rings. The fraction of sp³-hybridized carbons (Fsp3) is 0.625. The minimum Gasteiger partial charge on any atom is -0.378 e. The number of nitrogens with one attached hydrogen (secondary N) is 1. The van der Waals surface area contributed by atoms with Crippen LogP contribution in [0, 0.1) is 0 Å². The summed E-state index contributed by atoms with van der Waals surface area (Å²) in [4.78, 5) is 19.1. The Morgan fingerprint density at radius 1 is 1.50 bits per heavy atom. The summed E-state index contributed by atoms with van der Waals surface area (Å²) in [5.74, 6) is 0.635. The number of nitrogens with two attached hydrogens (primary N) is 1. The number of pyridine rings is 1. The van der Waals surface area contributed by atoms with Crippen LogP contribution in [-0.2, 0) is 4.74 Å². The van der Waals surface area contributed by atoms with Crippen LogP contribution in [0.3, 0.4) is 0 Å². The van der Waals surface area contributed by atoms with Crippen LogP contribution < -0.4 is 16.0 Å². The summed E-state index contributed by atoms with van der Waals surface area (Å²) in [6.45, 7) is 5.44. The van der Waals surface area contributed by atoms with Crippen molar-refractivity contribution in [1.29, 1.82) is 0 Å². The molecule has 0 saturated carbocycles. The molecule has 2 rings (SSSR count). The summed E-state index contributed by atoms with van der Waals surface area (Å²) in [5, 5.41) is 3.04. The summed E-state index contributed by atoms with van der Waals surface area (Å²) in [6.07, 6.45) is 4.79. The lowest BCUT2D eigenvalue weighted by atomic mass is 10.1. The Balaban J connectivity index is 2.08. The third-order valence-electron chi connectivity index (χ3n) is 3.87. The van der Waals surface area contributed by atoms with Crippen LogP contribution in [0.4, 0.5) is 5.82 Å². The number of hydrogen-bond acceptors (Lipinski definition) is 5. The highest BCUT2D eigenvalue weighted by Crippen LogP contribution is 2.18. The Kier molecular flexibility index (Phi) is 6.61. The predicted octanol–water partition coefficient (Wildman–Crippen LogP) is 1.17. The fourth-order valence-corrected chi connectivity index (χ4v) is 2.56. The van der Waals surface area contributed by atoms with Crippen LogP contribution in [-0.4, -0.2) is 49.8 Å². The minimum absolute atomic E-state index is 0.0187. The number of aromatic nitrogens is 1. The molecule has 3 N–H and O–H groups in total. The smallest absolute Gasteiger partial charge is 0.255 e. The molecule has 0 spiro atoms. The Morgan fingerprint density at radius 3 is 2.95 bits per heavy atom. The molecule has 2 heterocycles. The molecule has 1 unspecified atom stereocenters. The molecule has 0 radical (unpaired) electrons. The standard InChI is InChI=1S/C16H26N4O2/c1-2-3-5-13(12-17)19-16(21)14-6-4-7-18-15(14)20-8-10-22-11-9-20/h4,6-7,13H,2-3,5,8-12,17H2,1H3,(H,19,21). The van der Waals surface area contributed by atoms with Crippen LogP contribution in [0.15, 0.2) is 18.3 Å². The quantitative estimate of drug-likeness (QED) is 0.790. The van der Waals surface area contributed by atoms with E-state index >= 15 is 0 Å². The maximum Gasteiger partial charge on any atom is 0.255 e. The van der Waals surface area contributed by atoms with Gasteiger partial charge in [-0.1, -0.05) is 19.8 Å². The molecule has 22 heavy (non-hydrogen) atoms. The number of ether oxygens (including phenoxy) is 1. The van der Waals surface area contributed by atoms with Crippen LogP contribution >= 0.6 is 0 Å². The lowest BCUT2D eigenvalue weighted by Crippen LogP contribution is -2.42. The zero-order valence-electron chi connectivity index (χ0n) is 13.3. The molecule has 1 fully saturated rings. The zero-order chi connectivity index (χ0) is 15.8. The van der Waals surface area contributed by atoms with Gasteiger partial charge in [0, 0.05) is 31.9 Å². The summed E-state index contributed by atoms with van der Waals surface area (Å²) in [5.41, 5.74) is 6.37. The molecule has 0 bridgehead atoms. The van der Waals surface area contributed by atoms with Crippen LogP contribution in [0.25, 0.3) is 0 Å². The number of rotatable bonds is 7. The van der Waals surface area contributed by atoms with Crippen molar-refractivity contribution in [1.82, 2.24) is 10.3 Å². The van der Waals surface area contributed by atoms with Gasteiger partial charge >= 0.3 is 0 Å². The van der Waals surface area contributed by atoms with Gasteiger partial charge in [-0.2, -0.15) is 0 Å². The first-order valence-corrected chi connectivity index (χ1v) is 8.05. The normalized spacial score (nSPS) is 16.4. The molecule has 1 aliphatic heterocycles. The van der Waals surface area contributed by atoms with E-state index in [2.05, 4.69) is 22.1 Å². The monoisotopic (exact) mass is 306 g/mol. The molecule has 1 atom stereocenters. The van der Waals surface area contributed by atoms with E-state index in [1.54, 1.807) is 12.3 Å². The molecule has 6 nitrogen and oxygen atoms in total. The highest BCUT2D eigenvalue weighted by Gasteiger charge is 2.21. The Bertz CT molecular complexity index is 475. The lowest BCUT2D eigenvalue weighted by molar-refractivity contribution is 0.0934. The number of morpholine rings is 1. The van der Waals surface area contributed by atoms with E-state index in [9.17, 15) is 4.79 Å². The van der Waals surface area contributed by atoms with E-state index in [4.69, 9.17) is 10.5 Å². The van der Waals surface area contributed by atoms with Gasteiger partial charge in [-0.05, 0) is 18.6 Å². The van der Waals surface area contributed by atoms with Crippen molar-refractivity contribution in [2.45, 2.75) is 32.2 Å². The van der Waals surface area contributed by atoms with Gasteiger partial charge in [-0.25, -0.2) is 4.98 Å². The summed E-state index contributed by atoms with van der Waals surface area (Å²) < 4.78 is 5.36. The highest BCUT2D eigenvalue weighted by atomic mass is 16.5. The lowest BCUT2D eigenvalue weighted by Gasteiger charge is -2.29. The van der Waals surface area contributed by atoms with Crippen molar-refractivity contribution in [3.05, 3.63) is 23.9 Å². The van der Waals surface area contributed by atoms with Gasteiger partial charge in [-0.15, -0.1) is 0 Å². The number of anilines is 1. The number of unbranched alkanes of at least 4 members (excludes halogenated alkanes) is 1. The van der Waals surface area contributed by atoms with Gasteiger partial charge in [0.15, 0.2) is 0 Å². The van der Waals surface area contributed by atoms with E-state index in [0.29, 0.717) is 25.3 Å². The molecule has 6 heteroatoms. The summed E-state index contributed by atoms with van der Waals surface area (Å²) in [6, 6.07) is 3.63. The topological polar surface area (TPSA) is 80.5 Å². The summed E-state index contributed by atoms with van der Waals surface area (Å²) in [7, 11) is 0. The van der Waals surface area contributed by atoms with Gasteiger partial charge in [0.25, 0.3) is 5.91 Å². The molecule has 1 aromatic heterocycles. The van der Waals surface area contributed by atoms with Crippen molar-refractivity contribution in [2.75, 3.05) is 37.7 Å². The zero-order valence-corrected chi connectivity index (χ0v) is 13.3. The second-order valence-electron chi connectivity index (χ2n) is 5.52. The predicted molar refractivity (Wildman–Crippen MR) is 87.1 cm³/mol. The number of nitrogens with zero attached hydrogens (tertiary/aromatic N) is 2. The summed E-state index contributed by atoms with van der Waals surface area (Å²) >= 11 is 0. The molecule has 0 aliphatic carbocycles. The number of amides is 1. The van der Waals surface area contributed by atoms with Gasteiger partial charge < -0.3 is 20.7 Å². The van der Waals surface area contributed by atoms with Gasteiger partial charge in [0.1, 0.15) is 5.82 Å². The Labute approximate surface area is 132 Å². The van der Waals surface area contributed by atoms with Crippen molar-refractivity contribution in [2.24, 2.45) is 5.73 Å². The van der Waals surface area contributed by atoms with Crippen molar-refractivity contribution >= 4 is 11.7 Å². The van der Waals surface area contributed by atoms with E-state index < -0.39 is 0 Å². The Hall–Kier alpha value is -1.66. The third kappa shape index (κ3) is 4.42. The van der Waals surface area contributed by atoms with E-state index in [-0.39, 0.29) is 11.9 Å². The third-order valence-corrected chi connectivity index (χ3v) is 3.87. The molecule has 1 aliphatic rings. The molecule has 122 valence electrons. The largest absolute Gasteiger partial charge is 0.378 e. The number of hydrogen-bond donors (Lipinski definition) is 2. The first-order chi connectivity index (χ1) is 10.8. The van der Waals surface area contributed by atoms with Gasteiger partial charge in [0.2, 0.25) is 0 Å². The first kappa shape index (κ1) is 16.7. The average Bonchev–Trinajstić information content (AvgIpc) is 2.59. The molecule has 0 aromatic carbocycles. The second kappa shape index (κ2) is 8.70. The SMILES string of the molecule is CCCCC(CN)NC(=O)c1cccnc1N1CCOCC1. The molecule has 1 saturated heterocycles. The first-order valence-electron chi connectivity index (χ1n) is 8.05. The van der Waals surface area contributed by atoms with Crippen LogP contribution in [0.5, 0.6) is 0 Å². The van der Waals surface area contributed by atoms with Crippen LogP contribution in [0.1, 0.15) is 36.5 Å². The molecular weight excluding hydrogens is 280 g/mol. The second-order valence-corrected chi connectivity index (χ2v) is 5.52. The van der Waals surface area contributed by atoms with E-state index in [0.717, 1.165) is 38.2 Å². The van der Waals surface area contributed by atoms with Crippen molar-refractivity contribution in [3.8, 4) is 0 Å². The minimum atomic E-state index is -0.0962. The Morgan fingerprint density at radius 2 is 2.27 bits per heavy atom. The van der Waals surface area contributed by atoms with Gasteiger partial charge in [-0.3, -0.25) is 4.79 Å². The van der Waals surface area contributed by atoms with Crippen molar-refractivity contribution in [3.63, 3.8) is 0 Å². The van der Waals surface area contributed by atoms with Crippen LogP contribution in [0.2, 0.25) is 0 Å².